The number of nitrogens with two attached hydrogens (primary N) is 1. The average molecular weight is 371 g/mol. The lowest BCUT2D eigenvalue weighted by Crippen LogP contribution is -2.37. The first-order chi connectivity index (χ1) is 11.5. The molecular weight excluding hydrogens is 344 g/mol. The van der Waals surface area contributed by atoms with Crippen LogP contribution >= 0.6 is 12.4 Å². The number of nitrogens with zero attached hydrogens (tertiary/aromatic N) is 3. The van der Waals surface area contributed by atoms with E-state index >= 15 is 0 Å². The first kappa shape index (κ1) is 21.2. The van der Waals surface area contributed by atoms with Crippen LogP contribution in [-0.2, 0) is 9.53 Å². The summed E-state index contributed by atoms with van der Waals surface area (Å²) < 4.78 is 4.96. The number of aromatic nitrogens is 1. The summed E-state index contributed by atoms with van der Waals surface area (Å²) in [4.78, 5) is 32.2. The molecule has 2 rings (SSSR count). The van der Waals surface area contributed by atoms with E-state index in [1.54, 1.807) is 13.0 Å². The van der Waals surface area contributed by atoms with Gasteiger partial charge in [0.25, 0.3) is 0 Å². The van der Waals surface area contributed by atoms with Crippen molar-refractivity contribution in [1.29, 1.82) is 0 Å². The number of rotatable bonds is 5. The van der Waals surface area contributed by atoms with E-state index in [4.69, 9.17) is 10.5 Å². The van der Waals surface area contributed by atoms with Gasteiger partial charge in [0, 0.05) is 44.8 Å². The molecular formula is C17H27ClN4O3. The highest BCUT2D eigenvalue weighted by atomic mass is 35.5. The molecule has 8 heteroatoms. The Hall–Kier alpha value is -1.86. The van der Waals surface area contributed by atoms with Crippen molar-refractivity contribution >= 4 is 30.1 Å². The fourth-order valence-corrected chi connectivity index (χ4v) is 2.71. The summed E-state index contributed by atoms with van der Waals surface area (Å²) in [6.07, 6.45) is 2.80. The van der Waals surface area contributed by atoms with E-state index in [-0.39, 0.29) is 30.3 Å². The number of hydrogen-bond donors (Lipinski definition) is 1. The zero-order valence-corrected chi connectivity index (χ0v) is 15.6. The van der Waals surface area contributed by atoms with Gasteiger partial charge in [-0.1, -0.05) is 0 Å². The number of ether oxygens (including phenoxy) is 1. The molecule has 0 spiro atoms. The highest BCUT2D eigenvalue weighted by Gasteiger charge is 2.20. The van der Waals surface area contributed by atoms with Crippen molar-refractivity contribution in [2.45, 2.75) is 32.7 Å². The van der Waals surface area contributed by atoms with Gasteiger partial charge in [-0.15, -0.1) is 12.4 Å². The lowest BCUT2D eigenvalue weighted by Gasteiger charge is -2.23. The summed E-state index contributed by atoms with van der Waals surface area (Å²) in [7, 11) is 0. The van der Waals surface area contributed by atoms with Crippen molar-refractivity contribution in [3.05, 3.63) is 23.9 Å². The minimum atomic E-state index is -0.361. The first-order valence-electron chi connectivity index (χ1n) is 8.42. The molecule has 1 unspecified atom stereocenters. The summed E-state index contributed by atoms with van der Waals surface area (Å²) in [5.74, 6) is 0.558. The van der Waals surface area contributed by atoms with Gasteiger partial charge < -0.3 is 20.3 Å². The molecule has 1 aromatic rings. The molecule has 0 aliphatic carbocycles. The molecule has 0 aromatic carbocycles. The molecule has 0 saturated carbocycles. The monoisotopic (exact) mass is 370 g/mol. The van der Waals surface area contributed by atoms with Gasteiger partial charge in [0.05, 0.1) is 12.2 Å². The summed E-state index contributed by atoms with van der Waals surface area (Å²) >= 11 is 0. The van der Waals surface area contributed by atoms with Crippen LogP contribution in [0.25, 0.3) is 0 Å². The van der Waals surface area contributed by atoms with E-state index in [2.05, 4.69) is 9.88 Å². The second-order valence-electron chi connectivity index (χ2n) is 6.03. The molecule has 1 saturated heterocycles. The van der Waals surface area contributed by atoms with Crippen LogP contribution in [0.2, 0.25) is 0 Å². The number of hydrogen-bond acceptors (Lipinski definition) is 6. The van der Waals surface area contributed by atoms with Gasteiger partial charge in [0.2, 0.25) is 5.91 Å². The Morgan fingerprint density at radius 1 is 1.28 bits per heavy atom. The largest absolute Gasteiger partial charge is 0.462 e. The molecule has 0 bridgehead atoms. The Bertz CT molecular complexity index is 566. The molecule has 0 radical (unpaired) electrons. The van der Waals surface area contributed by atoms with Crippen molar-refractivity contribution in [1.82, 2.24) is 9.88 Å². The summed E-state index contributed by atoms with van der Waals surface area (Å²) in [6.45, 7) is 6.91. The third kappa shape index (κ3) is 6.17. The molecule has 1 aromatic heterocycles. The van der Waals surface area contributed by atoms with Crippen LogP contribution in [0.3, 0.4) is 0 Å². The molecule has 1 atom stereocenters. The Balaban J connectivity index is 0.00000312. The van der Waals surface area contributed by atoms with Crippen molar-refractivity contribution in [2.75, 3.05) is 37.7 Å². The molecule has 1 fully saturated rings. The highest BCUT2D eigenvalue weighted by molar-refractivity contribution is 5.89. The molecule has 7 nitrogen and oxygen atoms in total. The maximum Gasteiger partial charge on any atom is 0.339 e. The Morgan fingerprint density at radius 3 is 2.64 bits per heavy atom. The SMILES string of the molecule is CCOC(=O)c1ccc(N2CCCN(C(=O)CC(C)N)CC2)nc1.Cl. The fraction of sp³-hybridized carbons (Fsp3) is 0.588. The van der Waals surface area contributed by atoms with E-state index in [1.165, 1.54) is 6.20 Å². The summed E-state index contributed by atoms with van der Waals surface area (Å²) in [5.41, 5.74) is 6.16. The third-order valence-electron chi connectivity index (χ3n) is 3.93. The quantitative estimate of drug-likeness (QED) is 0.789. The lowest BCUT2D eigenvalue weighted by molar-refractivity contribution is -0.131. The number of carbonyl (C=O) groups excluding carboxylic acids is 2. The summed E-state index contributed by atoms with van der Waals surface area (Å²) in [5, 5.41) is 0. The minimum Gasteiger partial charge on any atom is -0.462 e. The van der Waals surface area contributed by atoms with Gasteiger partial charge in [-0.25, -0.2) is 9.78 Å². The topological polar surface area (TPSA) is 88.8 Å². The number of esters is 1. The van der Waals surface area contributed by atoms with E-state index in [0.717, 1.165) is 31.9 Å². The molecule has 1 aliphatic heterocycles. The van der Waals surface area contributed by atoms with Crippen LogP contribution in [0.5, 0.6) is 0 Å². The Morgan fingerprint density at radius 2 is 2.04 bits per heavy atom. The van der Waals surface area contributed by atoms with Crippen molar-refractivity contribution < 1.29 is 14.3 Å². The zero-order valence-electron chi connectivity index (χ0n) is 14.8. The standard InChI is InChI=1S/C17H26N4O3.ClH/c1-3-24-17(23)14-5-6-15(19-12-14)20-7-4-8-21(10-9-20)16(22)11-13(2)18;/h5-6,12-13H,3-4,7-11,18H2,1-2H3;1H. The fourth-order valence-electron chi connectivity index (χ4n) is 2.71. The predicted octanol–water partition coefficient (Wildman–Crippen LogP) is 1.46. The van der Waals surface area contributed by atoms with Gasteiger partial charge in [-0.3, -0.25) is 4.79 Å². The van der Waals surface area contributed by atoms with Crippen LogP contribution in [0.15, 0.2) is 18.3 Å². The number of pyridine rings is 1. The third-order valence-corrected chi connectivity index (χ3v) is 3.93. The maximum absolute atomic E-state index is 12.1. The second-order valence-corrected chi connectivity index (χ2v) is 6.03. The van der Waals surface area contributed by atoms with Crippen LogP contribution in [0.1, 0.15) is 37.0 Å². The number of carbonyl (C=O) groups is 2. The number of anilines is 1. The summed E-state index contributed by atoms with van der Waals surface area (Å²) in [6, 6.07) is 3.43. The van der Waals surface area contributed by atoms with Gasteiger partial charge >= 0.3 is 5.97 Å². The molecule has 140 valence electrons. The lowest BCUT2D eigenvalue weighted by atomic mass is 10.2. The molecule has 2 N–H and O–H groups in total. The number of amides is 1. The smallest absolute Gasteiger partial charge is 0.339 e. The molecule has 2 heterocycles. The first-order valence-corrected chi connectivity index (χ1v) is 8.42. The van der Waals surface area contributed by atoms with Gasteiger partial charge in [0.15, 0.2) is 0 Å². The molecule has 1 aliphatic rings. The van der Waals surface area contributed by atoms with Crippen LogP contribution in [0.4, 0.5) is 5.82 Å². The van der Waals surface area contributed by atoms with Crippen molar-refractivity contribution in [3.8, 4) is 0 Å². The molecule has 25 heavy (non-hydrogen) atoms. The minimum absolute atomic E-state index is 0. The second kappa shape index (κ2) is 10.2. The Kier molecular flexibility index (Phi) is 8.65. The highest BCUT2D eigenvalue weighted by Crippen LogP contribution is 2.15. The normalized spacial score (nSPS) is 15.8. The van der Waals surface area contributed by atoms with E-state index in [9.17, 15) is 9.59 Å². The Labute approximate surface area is 154 Å². The van der Waals surface area contributed by atoms with Crippen LogP contribution in [-0.4, -0.2) is 60.6 Å². The average Bonchev–Trinajstić information content (AvgIpc) is 2.81. The van der Waals surface area contributed by atoms with Crippen LogP contribution < -0.4 is 10.6 Å². The van der Waals surface area contributed by atoms with Gasteiger partial charge in [0.1, 0.15) is 5.82 Å². The molecule has 1 amide bonds. The van der Waals surface area contributed by atoms with Crippen molar-refractivity contribution in [2.24, 2.45) is 5.73 Å². The maximum atomic E-state index is 12.1. The van der Waals surface area contributed by atoms with Gasteiger partial charge in [-0.2, -0.15) is 0 Å². The zero-order chi connectivity index (χ0) is 17.5. The van der Waals surface area contributed by atoms with E-state index in [1.807, 2.05) is 17.9 Å². The van der Waals surface area contributed by atoms with Gasteiger partial charge in [-0.05, 0) is 32.4 Å². The van der Waals surface area contributed by atoms with Crippen LogP contribution in [0, 0.1) is 0 Å². The van der Waals surface area contributed by atoms with E-state index in [0.29, 0.717) is 25.1 Å². The predicted molar refractivity (Wildman–Crippen MR) is 99.1 cm³/mol. The van der Waals surface area contributed by atoms with Crippen molar-refractivity contribution in [3.63, 3.8) is 0 Å². The number of halogens is 1. The van der Waals surface area contributed by atoms with E-state index < -0.39 is 0 Å².